The molecule has 1 N–H and O–H groups in total. The van der Waals surface area contributed by atoms with Crippen molar-refractivity contribution in [3.63, 3.8) is 0 Å². The average molecular weight is 330 g/mol. The van der Waals surface area contributed by atoms with Gasteiger partial charge in [-0.25, -0.2) is 4.98 Å². The molecule has 1 saturated heterocycles. The van der Waals surface area contributed by atoms with Crippen LogP contribution in [0, 0.1) is 0 Å². The van der Waals surface area contributed by atoms with E-state index >= 15 is 0 Å². The van der Waals surface area contributed by atoms with Gasteiger partial charge in [0.25, 0.3) is 0 Å². The van der Waals surface area contributed by atoms with Gasteiger partial charge in [-0.05, 0) is 28.1 Å². The summed E-state index contributed by atoms with van der Waals surface area (Å²) in [5.41, 5.74) is 0. The molecule has 2 rings (SSSR count). The minimum absolute atomic E-state index is 0.392. The molecule has 1 aliphatic heterocycles. The summed E-state index contributed by atoms with van der Waals surface area (Å²) in [7, 11) is 1.94. The number of halogens is 1. The molecule has 5 nitrogen and oxygen atoms in total. The third-order valence-corrected chi connectivity index (χ3v) is 3.78. The van der Waals surface area contributed by atoms with Crippen molar-refractivity contribution in [1.82, 2.24) is 9.88 Å². The molecule has 0 unspecified atom stereocenters. The van der Waals surface area contributed by atoms with Gasteiger partial charge in [0.05, 0.1) is 23.8 Å². The van der Waals surface area contributed by atoms with Crippen molar-refractivity contribution in [2.75, 3.05) is 51.3 Å². The Bertz CT molecular complexity index is 399. The number of aliphatic hydroxyl groups excluding tert-OH is 1. The normalized spacial score (nSPS) is 18.3. The molecule has 1 aromatic heterocycles. The Morgan fingerprint density at radius 3 is 2.95 bits per heavy atom. The Labute approximate surface area is 122 Å². The van der Waals surface area contributed by atoms with Crippen LogP contribution in [0.25, 0.3) is 0 Å². The summed E-state index contributed by atoms with van der Waals surface area (Å²) in [5.74, 6) is 0.850. The zero-order valence-electron chi connectivity index (χ0n) is 11.1. The van der Waals surface area contributed by atoms with Crippen LogP contribution in [-0.4, -0.2) is 67.5 Å². The Hall–Kier alpha value is -0.690. The second-order valence-electron chi connectivity index (χ2n) is 4.76. The van der Waals surface area contributed by atoms with Crippen LogP contribution in [0.2, 0.25) is 0 Å². The van der Waals surface area contributed by atoms with Crippen molar-refractivity contribution in [2.24, 2.45) is 0 Å². The maximum absolute atomic E-state index is 10.2. The zero-order chi connectivity index (χ0) is 13.7. The van der Waals surface area contributed by atoms with E-state index in [1.165, 1.54) is 0 Å². The van der Waals surface area contributed by atoms with Gasteiger partial charge in [-0.2, -0.15) is 0 Å². The molecule has 0 aliphatic carbocycles. The smallest absolute Gasteiger partial charge is 0.142 e. The summed E-state index contributed by atoms with van der Waals surface area (Å²) in [6.45, 7) is 4.55. The van der Waals surface area contributed by atoms with E-state index in [0.29, 0.717) is 13.1 Å². The maximum atomic E-state index is 10.2. The van der Waals surface area contributed by atoms with E-state index in [2.05, 4.69) is 25.8 Å². The number of hydrogen-bond acceptors (Lipinski definition) is 5. The highest BCUT2D eigenvalue weighted by molar-refractivity contribution is 9.10. The molecule has 0 radical (unpaired) electrons. The summed E-state index contributed by atoms with van der Waals surface area (Å²) in [6, 6.07) is 3.83. The molecule has 2 heterocycles. The SMILES string of the molecule is CN(C[C@H](O)CN1CCOCC1)c1ncccc1Br. The van der Waals surface area contributed by atoms with Crippen molar-refractivity contribution >= 4 is 21.7 Å². The highest BCUT2D eigenvalue weighted by atomic mass is 79.9. The van der Waals surface area contributed by atoms with Crippen LogP contribution in [0.3, 0.4) is 0 Å². The highest BCUT2D eigenvalue weighted by Gasteiger charge is 2.17. The molecular formula is C13H20BrN3O2. The van der Waals surface area contributed by atoms with Gasteiger partial charge in [0.1, 0.15) is 5.82 Å². The number of hydrogen-bond donors (Lipinski definition) is 1. The first-order valence-corrected chi connectivity index (χ1v) is 7.26. The van der Waals surface area contributed by atoms with E-state index in [-0.39, 0.29) is 0 Å². The van der Waals surface area contributed by atoms with Gasteiger partial charge in [-0.1, -0.05) is 0 Å². The predicted molar refractivity (Wildman–Crippen MR) is 78.5 cm³/mol. The molecule has 1 atom stereocenters. The van der Waals surface area contributed by atoms with Crippen molar-refractivity contribution in [2.45, 2.75) is 6.10 Å². The first kappa shape index (κ1) is 14.7. The summed E-state index contributed by atoms with van der Waals surface area (Å²) >= 11 is 3.47. The number of likely N-dealkylation sites (N-methyl/N-ethyl adjacent to an activating group) is 1. The summed E-state index contributed by atoms with van der Waals surface area (Å²) in [4.78, 5) is 8.51. The van der Waals surface area contributed by atoms with Crippen LogP contribution >= 0.6 is 15.9 Å². The highest BCUT2D eigenvalue weighted by Crippen LogP contribution is 2.21. The van der Waals surface area contributed by atoms with Crippen molar-refractivity contribution in [1.29, 1.82) is 0 Å². The lowest BCUT2D eigenvalue weighted by atomic mass is 10.3. The van der Waals surface area contributed by atoms with E-state index < -0.39 is 6.10 Å². The number of ether oxygens (including phenoxy) is 1. The minimum atomic E-state index is -0.392. The van der Waals surface area contributed by atoms with Crippen LogP contribution in [0.5, 0.6) is 0 Å². The van der Waals surface area contributed by atoms with Crippen molar-refractivity contribution in [3.8, 4) is 0 Å². The topological polar surface area (TPSA) is 48.8 Å². The second kappa shape index (κ2) is 7.19. The van der Waals surface area contributed by atoms with E-state index in [1.807, 2.05) is 24.1 Å². The van der Waals surface area contributed by atoms with Gasteiger partial charge in [0.15, 0.2) is 0 Å². The molecule has 1 fully saturated rings. The molecule has 1 aliphatic rings. The monoisotopic (exact) mass is 329 g/mol. The summed E-state index contributed by atoms with van der Waals surface area (Å²) < 4.78 is 6.24. The Balaban J connectivity index is 1.84. The number of morpholine rings is 1. The van der Waals surface area contributed by atoms with Crippen molar-refractivity contribution in [3.05, 3.63) is 22.8 Å². The average Bonchev–Trinajstić information content (AvgIpc) is 2.40. The fraction of sp³-hybridized carbons (Fsp3) is 0.615. The minimum Gasteiger partial charge on any atom is -0.390 e. The first-order chi connectivity index (χ1) is 9.16. The van der Waals surface area contributed by atoms with Crippen LogP contribution < -0.4 is 4.90 Å². The fourth-order valence-electron chi connectivity index (χ4n) is 2.20. The Kier molecular flexibility index (Phi) is 5.57. The largest absolute Gasteiger partial charge is 0.390 e. The van der Waals surface area contributed by atoms with E-state index in [0.717, 1.165) is 36.6 Å². The first-order valence-electron chi connectivity index (χ1n) is 6.46. The number of aromatic nitrogens is 1. The molecule has 0 saturated carbocycles. The number of anilines is 1. The summed E-state index contributed by atoms with van der Waals surface area (Å²) in [6.07, 6.45) is 1.36. The Morgan fingerprint density at radius 1 is 1.53 bits per heavy atom. The van der Waals surface area contributed by atoms with Crippen LogP contribution in [0.4, 0.5) is 5.82 Å². The number of nitrogens with zero attached hydrogens (tertiary/aromatic N) is 3. The third-order valence-electron chi connectivity index (χ3n) is 3.16. The molecule has 0 aromatic carbocycles. The standard InChI is InChI=1S/C13H20BrN3O2/c1-16(13-12(14)3-2-4-15-13)9-11(18)10-17-5-7-19-8-6-17/h2-4,11,18H,5-10H2,1H3/t11-/m0/s1. The number of aliphatic hydroxyl groups is 1. The van der Waals surface area contributed by atoms with Gasteiger partial charge in [0, 0.05) is 39.4 Å². The molecule has 1 aromatic rings. The Morgan fingerprint density at radius 2 is 2.26 bits per heavy atom. The molecule has 0 amide bonds. The number of pyridine rings is 1. The van der Waals surface area contributed by atoms with E-state index in [1.54, 1.807) is 6.20 Å². The van der Waals surface area contributed by atoms with Crippen LogP contribution in [0.15, 0.2) is 22.8 Å². The van der Waals surface area contributed by atoms with Crippen molar-refractivity contribution < 1.29 is 9.84 Å². The van der Waals surface area contributed by atoms with Gasteiger partial charge < -0.3 is 14.7 Å². The zero-order valence-corrected chi connectivity index (χ0v) is 12.7. The number of rotatable bonds is 5. The second-order valence-corrected chi connectivity index (χ2v) is 5.61. The molecule has 0 bridgehead atoms. The maximum Gasteiger partial charge on any atom is 0.142 e. The van der Waals surface area contributed by atoms with E-state index in [9.17, 15) is 5.11 Å². The molecule has 6 heteroatoms. The van der Waals surface area contributed by atoms with Gasteiger partial charge >= 0.3 is 0 Å². The molecule has 106 valence electrons. The predicted octanol–water partition coefficient (Wildman–Crippen LogP) is 0.973. The molecular weight excluding hydrogens is 310 g/mol. The summed E-state index contributed by atoms with van der Waals surface area (Å²) in [5, 5.41) is 10.2. The fourth-order valence-corrected chi connectivity index (χ4v) is 2.76. The van der Waals surface area contributed by atoms with Gasteiger partial charge in [0.2, 0.25) is 0 Å². The van der Waals surface area contributed by atoms with Gasteiger partial charge in [-0.3, -0.25) is 4.90 Å². The van der Waals surface area contributed by atoms with Crippen LogP contribution in [-0.2, 0) is 4.74 Å². The quantitative estimate of drug-likeness (QED) is 0.872. The molecule has 19 heavy (non-hydrogen) atoms. The lowest BCUT2D eigenvalue weighted by Gasteiger charge is -2.30. The van der Waals surface area contributed by atoms with Gasteiger partial charge in [-0.15, -0.1) is 0 Å². The number of β-amino-alcohol motifs (C(OH)–C–C–N with tert-alkyl or cyclic N) is 1. The lowest BCUT2D eigenvalue weighted by Crippen LogP contribution is -2.44. The molecule has 0 spiro atoms. The van der Waals surface area contributed by atoms with Crippen LogP contribution in [0.1, 0.15) is 0 Å². The van der Waals surface area contributed by atoms with E-state index in [4.69, 9.17) is 4.74 Å². The lowest BCUT2D eigenvalue weighted by molar-refractivity contribution is 0.0162. The third kappa shape index (κ3) is 4.42.